The maximum Gasteiger partial charge on any atom is 0.240 e. The number of hydrogen-bond donors (Lipinski definition) is 1. The van der Waals surface area contributed by atoms with Crippen LogP contribution in [0.4, 0.5) is 5.69 Å². The van der Waals surface area contributed by atoms with E-state index < -0.39 is 0 Å². The Bertz CT molecular complexity index is 499. The smallest absolute Gasteiger partial charge is 0.240 e. The van der Waals surface area contributed by atoms with Crippen LogP contribution in [0, 0.1) is 3.70 Å². The van der Waals surface area contributed by atoms with Crippen LogP contribution >= 0.6 is 22.6 Å². The van der Waals surface area contributed by atoms with E-state index in [0.717, 1.165) is 14.6 Å². The van der Waals surface area contributed by atoms with Gasteiger partial charge < -0.3 is 0 Å². The Morgan fingerprint density at radius 1 is 1.54 bits per heavy atom. The lowest BCUT2D eigenvalue weighted by atomic mass is 10.2. The van der Waals surface area contributed by atoms with Crippen molar-refractivity contribution in [2.45, 2.75) is 0 Å². The SMILES string of the molecule is O=C=Nc1ccc2c(I)[nH]nc2c1. The number of fused-ring (bicyclic) bond motifs is 1. The second-order valence-electron chi connectivity index (χ2n) is 2.44. The van der Waals surface area contributed by atoms with Gasteiger partial charge in [-0.15, -0.1) is 0 Å². The number of aromatic nitrogens is 2. The summed E-state index contributed by atoms with van der Waals surface area (Å²) in [5.74, 6) is 0. The fourth-order valence-corrected chi connectivity index (χ4v) is 1.67. The van der Waals surface area contributed by atoms with Crippen LogP contribution in [0.3, 0.4) is 0 Å². The molecule has 13 heavy (non-hydrogen) atoms. The predicted octanol–water partition coefficient (Wildman–Crippen LogP) is 2.13. The minimum absolute atomic E-state index is 0.574. The molecule has 64 valence electrons. The molecule has 0 bridgehead atoms. The van der Waals surface area contributed by atoms with Gasteiger partial charge in [0, 0.05) is 5.39 Å². The Hall–Kier alpha value is -1.20. The molecule has 0 atom stereocenters. The number of halogens is 1. The number of benzene rings is 1. The quantitative estimate of drug-likeness (QED) is 0.495. The van der Waals surface area contributed by atoms with Crippen molar-refractivity contribution in [3.8, 4) is 0 Å². The van der Waals surface area contributed by atoms with Gasteiger partial charge in [-0.3, -0.25) is 5.10 Å². The molecule has 5 heteroatoms. The van der Waals surface area contributed by atoms with Crippen molar-refractivity contribution in [2.75, 3.05) is 0 Å². The molecule has 0 amide bonds. The Morgan fingerprint density at radius 3 is 3.15 bits per heavy atom. The Balaban J connectivity index is 2.69. The second-order valence-corrected chi connectivity index (χ2v) is 3.52. The lowest BCUT2D eigenvalue weighted by Gasteiger charge is -1.89. The lowest BCUT2D eigenvalue weighted by Crippen LogP contribution is -1.68. The summed E-state index contributed by atoms with van der Waals surface area (Å²) in [6.45, 7) is 0. The topological polar surface area (TPSA) is 58.1 Å². The third-order valence-corrected chi connectivity index (χ3v) is 2.49. The van der Waals surface area contributed by atoms with Gasteiger partial charge in [0.2, 0.25) is 6.08 Å². The first-order valence-corrected chi connectivity index (χ1v) is 4.60. The first-order valence-electron chi connectivity index (χ1n) is 3.53. The van der Waals surface area contributed by atoms with E-state index in [9.17, 15) is 4.79 Å². The number of H-pyrrole nitrogens is 1. The van der Waals surface area contributed by atoms with Gasteiger partial charge in [-0.05, 0) is 40.8 Å². The Labute approximate surface area is 87.2 Å². The van der Waals surface area contributed by atoms with Crippen molar-refractivity contribution >= 4 is 45.3 Å². The molecule has 0 aliphatic heterocycles. The molecule has 0 spiro atoms. The highest BCUT2D eigenvalue weighted by molar-refractivity contribution is 14.1. The summed E-state index contributed by atoms with van der Waals surface area (Å²) in [5.41, 5.74) is 1.38. The minimum Gasteiger partial charge on any atom is -0.271 e. The van der Waals surface area contributed by atoms with Crippen molar-refractivity contribution in [2.24, 2.45) is 4.99 Å². The molecule has 2 rings (SSSR count). The van der Waals surface area contributed by atoms with Gasteiger partial charge in [0.1, 0.15) is 3.70 Å². The van der Waals surface area contributed by atoms with Crippen LogP contribution in [0.2, 0.25) is 0 Å². The zero-order valence-corrected chi connectivity index (χ0v) is 8.57. The fourth-order valence-electron chi connectivity index (χ4n) is 1.09. The number of hydrogen-bond acceptors (Lipinski definition) is 3. The highest BCUT2D eigenvalue weighted by Gasteiger charge is 2.01. The van der Waals surface area contributed by atoms with Crippen LogP contribution in [-0.2, 0) is 4.79 Å². The molecule has 1 aromatic heterocycles. The van der Waals surface area contributed by atoms with Gasteiger partial charge in [-0.1, -0.05) is 0 Å². The highest BCUT2D eigenvalue weighted by Crippen LogP contribution is 2.22. The number of aromatic amines is 1. The zero-order valence-electron chi connectivity index (χ0n) is 6.41. The van der Waals surface area contributed by atoms with Gasteiger partial charge in [-0.2, -0.15) is 10.1 Å². The summed E-state index contributed by atoms with van der Waals surface area (Å²) in [6, 6.07) is 5.36. The number of rotatable bonds is 1. The van der Waals surface area contributed by atoms with Crippen LogP contribution in [0.25, 0.3) is 10.9 Å². The van der Waals surface area contributed by atoms with Crippen molar-refractivity contribution in [3.05, 3.63) is 21.9 Å². The molecular formula is C8H4IN3O. The van der Waals surface area contributed by atoms with Gasteiger partial charge in [0.25, 0.3) is 0 Å². The van der Waals surface area contributed by atoms with Gasteiger partial charge in [0.05, 0.1) is 11.2 Å². The average molecular weight is 285 g/mol. The van der Waals surface area contributed by atoms with Gasteiger partial charge >= 0.3 is 0 Å². The first-order chi connectivity index (χ1) is 6.31. The molecule has 1 N–H and O–H groups in total. The molecule has 4 nitrogen and oxygen atoms in total. The molecule has 0 aliphatic rings. The van der Waals surface area contributed by atoms with Crippen LogP contribution in [-0.4, -0.2) is 16.3 Å². The van der Waals surface area contributed by atoms with Crippen molar-refractivity contribution in [3.63, 3.8) is 0 Å². The molecular weight excluding hydrogens is 281 g/mol. The van der Waals surface area contributed by atoms with E-state index in [1.807, 2.05) is 6.07 Å². The van der Waals surface area contributed by atoms with Crippen molar-refractivity contribution < 1.29 is 4.79 Å². The summed E-state index contributed by atoms with van der Waals surface area (Å²) in [5, 5.41) is 7.91. The van der Waals surface area contributed by atoms with E-state index in [-0.39, 0.29) is 0 Å². The third-order valence-electron chi connectivity index (χ3n) is 1.67. The maximum absolute atomic E-state index is 9.99. The Morgan fingerprint density at radius 2 is 2.38 bits per heavy atom. The third kappa shape index (κ3) is 1.48. The van der Waals surface area contributed by atoms with E-state index in [1.165, 1.54) is 6.08 Å². The van der Waals surface area contributed by atoms with Crippen LogP contribution < -0.4 is 0 Å². The number of isocyanates is 1. The Kier molecular flexibility index (Phi) is 2.12. The summed E-state index contributed by atoms with van der Waals surface area (Å²) >= 11 is 2.16. The first kappa shape index (κ1) is 8.40. The number of nitrogens with zero attached hydrogens (tertiary/aromatic N) is 2. The molecule has 0 aliphatic carbocycles. The standard InChI is InChI=1S/C8H4IN3O/c9-8-6-2-1-5(10-4-13)3-7(6)11-12-8/h1-3H,(H,11,12). The van der Waals surface area contributed by atoms with E-state index in [2.05, 4.69) is 37.8 Å². The number of aliphatic imine (C=N–C) groups is 1. The van der Waals surface area contributed by atoms with Crippen LogP contribution in [0.15, 0.2) is 23.2 Å². The fraction of sp³-hybridized carbons (Fsp3) is 0. The molecule has 2 aromatic rings. The maximum atomic E-state index is 9.99. The van der Waals surface area contributed by atoms with Gasteiger partial charge in [-0.25, -0.2) is 4.79 Å². The molecule has 0 radical (unpaired) electrons. The monoisotopic (exact) mass is 285 g/mol. The summed E-state index contributed by atoms with van der Waals surface area (Å²) in [7, 11) is 0. The summed E-state index contributed by atoms with van der Waals surface area (Å²) in [4.78, 5) is 13.5. The van der Waals surface area contributed by atoms with Crippen molar-refractivity contribution in [1.29, 1.82) is 0 Å². The molecule has 1 heterocycles. The van der Waals surface area contributed by atoms with Crippen LogP contribution in [0.1, 0.15) is 0 Å². The minimum atomic E-state index is 0.574. The normalized spacial score (nSPS) is 9.92. The second kappa shape index (κ2) is 3.27. The molecule has 1 aromatic carbocycles. The largest absolute Gasteiger partial charge is 0.271 e. The zero-order chi connectivity index (χ0) is 9.26. The van der Waals surface area contributed by atoms with Crippen LogP contribution in [0.5, 0.6) is 0 Å². The number of carbonyl (C=O) groups excluding carboxylic acids is 1. The predicted molar refractivity (Wildman–Crippen MR) is 56.6 cm³/mol. The number of nitrogens with one attached hydrogen (secondary N) is 1. The highest BCUT2D eigenvalue weighted by atomic mass is 127. The van der Waals surface area contributed by atoms with E-state index in [4.69, 9.17) is 0 Å². The van der Waals surface area contributed by atoms with Crippen molar-refractivity contribution in [1.82, 2.24) is 10.2 Å². The summed E-state index contributed by atoms with van der Waals surface area (Å²) < 4.78 is 0.981. The van der Waals surface area contributed by atoms with E-state index in [1.54, 1.807) is 12.1 Å². The van der Waals surface area contributed by atoms with E-state index >= 15 is 0 Å². The molecule has 0 saturated heterocycles. The van der Waals surface area contributed by atoms with E-state index in [0.29, 0.717) is 5.69 Å². The van der Waals surface area contributed by atoms with Gasteiger partial charge in [0.15, 0.2) is 0 Å². The molecule has 0 fully saturated rings. The summed E-state index contributed by atoms with van der Waals surface area (Å²) in [6.07, 6.45) is 1.49. The molecule has 0 unspecified atom stereocenters. The lowest BCUT2D eigenvalue weighted by molar-refractivity contribution is 0.565. The average Bonchev–Trinajstić information content (AvgIpc) is 2.48. The molecule has 0 saturated carbocycles.